The molecule has 0 saturated heterocycles. The molecule has 2 rings (SSSR count). The number of nitrogens with one attached hydrogen (secondary N) is 1. The van der Waals surface area contributed by atoms with Gasteiger partial charge in [0.15, 0.2) is 5.82 Å². The van der Waals surface area contributed by atoms with Crippen molar-refractivity contribution in [2.45, 2.75) is 52.6 Å². The highest BCUT2D eigenvalue weighted by Gasteiger charge is 2.15. The second-order valence-corrected chi connectivity index (χ2v) is 6.80. The number of carbonyl (C=O) groups excluding carboxylic acids is 1. The molecule has 1 heterocycles. The summed E-state index contributed by atoms with van der Waals surface area (Å²) in [4.78, 5) is 15.9. The zero-order valence-corrected chi connectivity index (χ0v) is 14.8. The van der Waals surface area contributed by atoms with Gasteiger partial charge in [-0.1, -0.05) is 35.0 Å². The summed E-state index contributed by atoms with van der Waals surface area (Å²) in [5.74, 6) is 1.26. The minimum absolute atomic E-state index is 0.409. The Balaban J connectivity index is 1.72. The largest absolute Gasteiger partial charge is 0.444 e. The quantitative estimate of drug-likeness (QED) is 0.821. The maximum atomic E-state index is 11.5. The lowest BCUT2D eigenvalue weighted by Crippen LogP contribution is -2.33. The van der Waals surface area contributed by atoms with Crippen LogP contribution in [0.15, 0.2) is 28.8 Å². The fraction of sp³-hybridized carbons (Fsp3) is 0.500. The van der Waals surface area contributed by atoms with Crippen LogP contribution in [-0.4, -0.2) is 28.4 Å². The van der Waals surface area contributed by atoms with E-state index in [1.54, 1.807) is 0 Å². The second kappa shape index (κ2) is 7.95. The number of aromatic nitrogens is 2. The molecule has 2 aromatic rings. The lowest BCUT2D eigenvalue weighted by atomic mass is 10.1. The number of ether oxygens (including phenoxy) is 1. The summed E-state index contributed by atoms with van der Waals surface area (Å²) in [6.07, 6.45) is 1.58. The average molecular weight is 331 g/mol. The highest BCUT2D eigenvalue weighted by Crippen LogP contribution is 2.09. The first-order valence-electron chi connectivity index (χ1n) is 8.16. The van der Waals surface area contributed by atoms with E-state index in [4.69, 9.17) is 9.26 Å². The number of nitrogens with zero attached hydrogens (tertiary/aromatic N) is 2. The Morgan fingerprint density at radius 1 is 1.25 bits per heavy atom. The van der Waals surface area contributed by atoms with E-state index in [1.165, 1.54) is 5.56 Å². The summed E-state index contributed by atoms with van der Waals surface area (Å²) in [5.41, 5.74) is 1.89. The summed E-state index contributed by atoms with van der Waals surface area (Å²) in [6, 6.07) is 8.27. The maximum Gasteiger partial charge on any atom is 0.407 e. The normalized spacial score (nSPS) is 11.3. The Hall–Kier alpha value is -2.37. The van der Waals surface area contributed by atoms with Gasteiger partial charge in [0.25, 0.3) is 0 Å². The molecule has 0 aliphatic rings. The number of amides is 1. The van der Waals surface area contributed by atoms with Gasteiger partial charge in [-0.15, -0.1) is 0 Å². The van der Waals surface area contributed by atoms with Gasteiger partial charge in [0.1, 0.15) is 5.60 Å². The van der Waals surface area contributed by atoms with Gasteiger partial charge in [-0.05, 0) is 39.7 Å². The van der Waals surface area contributed by atoms with Gasteiger partial charge in [0.05, 0.1) is 0 Å². The predicted octanol–water partition coefficient (Wildman–Crippen LogP) is 3.43. The van der Waals surface area contributed by atoms with Crippen LogP contribution < -0.4 is 5.32 Å². The minimum Gasteiger partial charge on any atom is -0.444 e. The van der Waals surface area contributed by atoms with Gasteiger partial charge >= 0.3 is 6.09 Å². The number of rotatable bonds is 6. The van der Waals surface area contributed by atoms with Crippen molar-refractivity contribution in [1.29, 1.82) is 0 Å². The van der Waals surface area contributed by atoms with E-state index in [0.29, 0.717) is 37.5 Å². The molecule has 0 saturated carbocycles. The van der Waals surface area contributed by atoms with Gasteiger partial charge in [0, 0.05) is 19.4 Å². The van der Waals surface area contributed by atoms with Gasteiger partial charge in [-0.2, -0.15) is 4.98 Å². The molecule has 0 aliphatic heterocycles. The molecule has 0 unspecified atom stereocenters. The summed E-state index contributed by atoms with van der Waals surface area (Å²) in [6.45, 7) is 8.06. The van der Waals surface area contributed by atoms with Crippen molar-refractivity contribution in [2.75, 3.05) is 6.54 Å². The van der Waals surface area contributed by atoms with E-state index in [9.17, 15) is 4.79 Å². The number of carbonyl (C=O) groups is 1. The number of hydrogen-bond donors (Lipinski definition) is 1. The monoisotopic (exact) mass is 331 g/mol. The molecule has 130 valence electrons. The van der Waals surface area contributed by atoms with Gasteiger partial charge in [0.2, 0.25) is 5.89 Å². The lowest BCUT2D eigenvalue weighted by molar-refractivity contribution is 0.0527. The Morgan fingerprint density at radius 2 is 1.96 bits per heavy atom. The first-order chi connectivity index (χ1) is 11.3. The molecule has 1 amide bonds. The Bertz CT molecular complexity index is 657. The minimum atomic E-state index is -0.485. The lowest BCUT2D eigenvalue weighted by Gasteiger charge is -2.19. The Kier molecular flexibility index (Phi) is 5.95. The van der Waals surface area contributed by atoms with Crippen LogP contribution in [0.5, 0.6) is 0 Å². The van der Waals surface area contributed by atoms with Gasteiger partial charge in [-0.25, -0.2) is 4.79 Å². The molecule has 0 radical (unpaired) electrons. The smallest absolute Gasteiger partial charge is 0.407 e. The van der Waals surface area contributed by atoms with Gasteiger partial charge < -0.3 is 14.6 Å². The molecule has 0 spiro atoms. The van der Waals surface area contributed by atoms with Crippen molar-refractivity contribution in [1.82, 2.24) is 15.5 Å². The molecule has 0 fully saturated rings. The molecular formula is C18H25N3O3. The number of aryl methyl sites for hydroxylation is 2. The Morgan fingerprint density at radius 3 is 2.62 bits per heavy atom. The summed E-state index contributed by atoms with van der Waals surface area (Å²) in [5, 5.41) is 6.71. The summed E-state index contributed by atoms with van der Waals surface area (Å²) in [7, 11) is 0. The molecule has 0 bridgehead atoms. The molecule has 24 heavy (non-hydrogen) atoms. The van der Waals surface area contributed by atoms with E-state index in [0.717, 1.165) is 5.56 Å². The number of alkyl carbamates (subject to hydrolysis) is 1. The highest BCUT2D eigenvalue weighted by atomic mass is 16.6. The van der Waals surface area contributed by atoms with Crippen molar-refractivity contribution in [3.8, 4) is 0 Å². The third-order valence-electron chi connectivity index (χ3n) is 3.23. The first kappa shape index (κ1) is 18.0. The van der Waals surface area contributed by atoms with Crippen LogP contribution in [0.2, 0.25) is 0 Å². The summed E-state index contributed by atoms with van der Waals surface area (Å²) < 4.78 is 10.4. The van der Waals surface area contributed by atoms with E-state index in [2.05, 4.69) is 46.6 Å². The summed E-state index contributed by atoms with van der Waals surface area (Å²) >= 11 is 0. The molecule has 0 atom stereocenters. The van der Waals surface area contributed by atoms with Crippen LogP contribution in [0.1, 0.15) is 50.0 Å². The Labute approximate surface area is 142 Å². The third kappa shape index (κ3) is 6.40. The highest BCUT2D eigenvalue weighted by molar-refractivity contribution is 5.67. The van der Waals surface area contributed by atoms with Gasteiger partial charge in [-0.3, -0.25) is 0 Å². The first-order valence-corrected chi connectivity index (χ1v) is 8.16. The topological polar surface area (TPSA) is 77.2 Å². The van der Waals surface area contributed by atoms with Crippen LogP contribution in [0.25, 0.3) is 0 Å². The SMILES string of the molecule is Cc1ccc(Cc2noc(CCCNC(=O)OC(C)(C)C)n2)cc1. The average Bonchev–Trinajstić information content (AvgIpc) is 2.92. The molecule has 6 nitrogen and oxygen atoms in total. The molecule has 1 aromatic carbocycles. The van der Waals surface area contributed by atoms with Crippen molar-refractivity contribution >= 4 is 6.09 Å². The van der Waals surface area contributed by atoms with E-state index < -0.39 is 11.7 Å². The van der Waals surface area contributed by atoms with Crippen LogP contribution in [0, 0.1) is 6.92 Å². The fourth-order valence-corrected chi connectivity index (χ4v) is 2.10. The van der Waals surface area contributed by atoms with Crippen LogP contribution in [0.3, 0.4) is 0 Å². The second-order valence-electron chi connectivity index (χ2n) is 6.80. The number of hydrogen-bond acceptors (Lipinski definition) is 5. The fourth-order valence-electron chi connectivity index (χ4n) is 2.10. The van der Waals surface area contributed by atoms with E-state index >= 15 is 0 Å². The number of benzene rings is 1. The zero-order valence-electron chi connectivity index (χ0n) is 14.8. The molecule has 1 aromatic heterocycles. The molecular weight excluding hydrogens is 306 g/mol. The predicted molar refractivity (Wildman–Crippen MR) is 90.8 cm³/mol. The third-order valence-corrected chi connectivity index (χ3v) is 3.23. The van der Waals surface area contributed by atoms with Crippen LogP contribution in [0.4, 0.5) is 4.79 Å². The molecule has 1 N–H and O–H groups in total. The molecule has 0 aliphatic carbocycles. The van der Waals surface area contributed by atoms with E-state index in [1.807, 2.05) is 20.8 Å². The van der Waals surface area contributed by atoms with Crippen molar-refractivity contribution in [3.05, 3.63) is 47.1 Å². The zero-order chi connectivity index (χ0) is 17.6. The van der Waals surface area contributed by atoms with Crippen molar-refractivity contribution in [2.24, 2.45) is 0 Å². The van der Waals surface area contributed by atoms with Crippen molar-refractivity contribution < 1.29 is 14.1 Å². The van der Waals surface area contributed by atoms with Crippen LogP contribution >= 0.6 is 0 Å². The van der Waals surface area contributed by atoms with Crippen LogP contribution in [-0.2, 0) is 17.6 Å². The van der Waals surface area contributed by atoms with Crippen molar-refractivity contribution in [3.63, 3.8) is 0 Å². The maximum absolute atomic E-state index is 11.5. The van der Waals surface area contributed by atoms with E-state index in [-0.39, 0.29) is 0 Å². The standard InChI is InChI=1S/C18H25N3O3/c1-13-7-9-14(10-8-13)12-15-20-16(24-21-15)6-5-11-19-17(22)23-18(2,3)4/h7-10H,5-6,11-12H2,1-4H3,(H,19,22). The molecule has 6 heteroatoms.